The molecule has 1 amide bonds. The molecule has 1 aromatic heterocycles. The molecule has 172 valence electrons. The number of pyridine rings is 1. The van der Waals surface area contributed by atoms with Gasteiger partial charge < -0.3 is 10.2 Å². The third-order valence-electron chi connectivity index (χ3n) is 5.81. The molecule has 0 aliphatic carbocycles. The van der Waals surface area contributed by atoms with Crippen LogP contribution >= 0.6 is 0 Å². The van der Waals surface area contributed by atoms with E-state index in [1.165, 1.54) is 0 Å². The Morgan fingerprint density at radius 2 is 1.76 bits per heavy atom. The molecule has 1 fully saturated rings. The fraction of sp³-hybridized carbons (Fsp3) is 0.280. The van der Waals surface area contributed by atoms with Crippen LogP contribution in [-0.4, -0.2) is 38.4 Å². The molecule has 8 heteroatoms. The standard InChI is InChI=1S/C25H28N4O3S/c1-19-8-10-22(11-9-19)33(31,32)28-21-12-15-29(16-13-21)24-7-3-2-6-23(24)25(30)27-18-20-5-4-14-26-17-20/h2-11,14,17,21,28H,12-13,15-16,18H2,1H3,(H,27,30). The van der Waals surface area contributed by atoms with Gasteiger partial charge in [-0.1, -0.05) is 35.9 Å². The summed E-state index contributed by atoms with van der Waals surface area (Å²) in [6.45, 7) is 3.66. The van der Waals surface area contributed by atoms with Crippen molar-refractivity contribution in [3.8, 4) is 0 Å². The van der Waals surface area contributed by atoms with E-state index in [2.05, 4.69) is 19.9 Å². The van der Waals surface area contributed by atoms with Crippen molar-refractivity contribution >= 4 is 21.6 Å². The summed E-state index contributed by atoms with van der Waals surface area (Å²) in [5.41, 5.74) is 3.43. The largest absolute Gasteiger partial charge is 0.371 e. The van der Waals surface area contributed by atoms with Gasteiger partial charge in [0.2, 0.25) is 10.0 Å². The molecule has 4 rings (SSSR count). The van der Waals surface area contributed by atoms with E-state index in [0.717, 1.165) is 16.8 Å². The SMILES string of the molecule is Cc1ccc(S(=O)(=O)NC2CCN(c3ccccc3C(=O)NCc3cccnc3)CC2)cc1. The molecule has 2 aromatic carbocycles. The van der Waals surface area contributed by atoms with Crippen molar-refractivity contribution in [3.05, 3.63) is 89.7 Å². The van der Waals surface area contributed by atoms with Crippen LogP contribution in [0.4, 0.5) is 5.69 Å². The zero-order valence-electron chi connectivity index (χ0n) is 18.6. The van der Waals surface area contributed by atoms with Crippen molar-refractivity contribution in [1.82, 2.24) is 15.0 Å². The molecule has 33 heavy (non-hydrogen) atoms. The van der Waals surface area contributed by atoms with Crippen molar-refractivity contribution < 1.29 is 13.2 Å². The number of anilines is 1. The molecule has 3 aromatic rings. The first-order valence-corrected chi connectivity index (χ1v) is 12.5. The first-order valence-electron chi connectivity index (χ1n) is 11.0. The minimum Gasteiger partial charge on any atom is -0.371 e. The molecular formula is C25H28N4O3S. The van der Waals surface area contributed by atoms with Gasteiger partial charge in [-0.15, -0.1) is 0 Å². The highest BCUT2D eigenvalue weighted by molar-refractivity contribution is 7.89. The minimum absolute atomic E-state index is 0.140. The van der Waals surface area contributed by atoms with Gasteiger partial charge in [-0.05, 0) is 55.7 Å². The molecule has 2 N–H and O–H groups in total. The topological polar surface area (TPSA) is 91.4 Å². The van der Waals surface area contributed by atoms with Gasteiger partial charge in [0.15, 0.2) is 0 Å². The minimum atomic E-state index is -3.55. The van der Waals surface area contributed by atoms with Gasteiger partial charge in [0.1, 0.15) is 0 Å². The van der Waals surface area contributed by atoms with E-state index in [4.69, 9.17) is 0 Å². The van der Waals surface area contributed by atoms with E-state index in [1.807, 2.05) is 43.3 Å². The number of hydrogen-bond donors (Lipinski definition) is 2. The lowest BCUT2D eigenvalue weighted by molar-refractivity contribution is 0.0951. The monoisotopic (exact) mass is 464 g/mol. The Morgan fingerprint density at radius 1 is 1.03 bits per heavy atom. The molecule has 0 atom stereocenters. The number of amides is 1. The molecule has 1 saturated heterocycles. The summed E-state index contributed by atoms with van der Waals surface area (Å²) in [5.74, 6) is -0.142. The average molecular weight is 465 g/mol. The number of para-hydroxylation sites is 1. The second-order valence-electron chi connectivity index (χ2n) is 8.26. The second kappa shape index (κ2) is 10.1. The molecule has 2 heterocycles. The maximum absolute atomic E-state index is 12.9. The van der Waals surface area contributed by atoms with Crippen molar-refractivity contribution in [1.29, 1.82) is 0 Å². The van der Waals surface area contributed by atoms with Crippen molar-refractivity contribution in [3.63, 3.8) is 0 Å². The van der Waals surface area contributed by atoms with E-state index in [0.29, 0.717) is 38.0 Å². The van der Waals surface area contributed by atoms with Crippen molar-refractivity contribution in [2.75, 3.05) is 18.0 Å². The quantitative estimate of drug-likeness (QED) is 0.560. The number of carbonyl (C=O) groups excluding carboxylic acids is 1. The van der Waals surface area contributed by atoms with Gasteiger partial charge in [0, 0.05) is 43.8 Å². The number of nitrogens with zero attached hydrogens (tertiary/aromatic N) is 2. The highest BCUT2D eigenvalue weighted by atomic mass is 32.2. The van der Waals surface area contributed by atoms with Crippen LogP contribution in [0.2, 0.25) is 0 Å². The van der Waals surface area contributed by atoms with Crippen molar-refractivity contribution in [2.24, 2.45) is 0 Å². The van der Waals surface area contributed by atoms with Crippen LogP contribution in [-0.2, 0) is 16.6 Å². The van der Waals surface area contributed by atoms with Crippen LogP contribution in [0.3, 0.4) is 0 Å². The third-order valence-corrected chi connectivity index (χ3v) is 7.35. The third kappa shape index (κ3) is 5.77. The molecule has 1 aliphatic heterocycles. The Labute approximate surface area is 194 Å². The number of nitrogens with one attached hydrogen (secondary N) is 2. The number of aryl methyl sites for hydroxylation is 1. The van der Waals surface area contributed by atoms with Gasteiger partial charge in [-0.25, -0.2) is 13.1 Å². The van der Waals surface area contributed by atoms with Crippen LogP contribution in [0, 0.1) is 6.92 Å². The number of sulfonamides is 1. The number of piperidine rings is 1. The van der Waals surface area contributed by atoms with E-state index < -0.39 is 10.0 Å². The number of aromatic nitrogens is 1. The molecule has 0 unspecified atom stereocenters. The lowest BCUT2D eigenvalue weighted by atomic mass is 10.0. The van der Waals surface area contributed by atoms with Gasteiger partial charge in [0.25, 0.3) is 5.91 Å². The lowest BCUT2D eigenvalue weighted by Gasteiger charge is -2.34. The van der Waals surface area contributed by atoms with E-state index >= 15 is 0 Å². The number of rotatable bonds is 7. The zero-order valence-corrected chi connectivity index (χ0v) is 19.4. The summed E-state index contributed by atoms with van der Waals surface area (Å²) in [6.07, 6.45) is 4.76. The number of carbonyl (C=O) groups is 1. The van der Waals surface area contributed by atoms with Crippen LogP contribution in [0.15, 0.2) is 78.0 Å². The fourth-order valence-corrected chi connectivity index (χ4v) is 5.27. The lowest BCUT2D eigenvalue weighted by Crippen LogP contribution is -2.45. The van der Waals surface area contributed by atoms with Gasteiger partial charge >= 0.3 is 0 Å². The van der Waals surface area contributed by atoms with Gasteiger partial charge in [-0.3, -0.25) is 9.78 Å². The summed E-state index contributed by atoms with van der Waals surface area (Å²) in [5, 5.41) is 2.96. The van der Waals surface area contributed by atoms with E-state index in [9.17, 15) is 13.2 Å². The Hall–Kier alpha value is -3.23. The predicted molar refractivity (Wildman–Crippen MR) is 129 cm³/mol. The van der Waals surface area contributed by atoms with Crippen LogP contribution < -0.4 is 14.9 Å². The van der Waals surface area contributed by atoms with E-state index in [1.54, 1.807) is 36.7 Å². The summed E-state index contributed by atoms with van der Waals surface area (Å²) >= 11 is 0. The fourth-order valence-electron chi connectivity index (χ4n) is 3.96. The van der Waals surface area contributed by atoms with Gasteiger partial charge in [-0.2, -0.15) is 0 Å². The Morgan fingerprint density at radius 3 is 2.45 bits per heavy atom. The maximum Gasteiger partial charge on any atom is 0.253 e. The number of benzene rings is 2. The first-order chi connectivity index (χ1) is 15.9. The summed E-state index contributed by atoms with van der Waals surface area (Å²) in [6, 6.07) is 18.0. The van der Waals surface area contributed by atoms with Gasteiger partial charge in [0.05, 0.1) is 10.5 Å². The molecule has 0 radical (unpaired) electrons. The van der Waals surface area contributed by atoms with Crippen LogP contribution in [0.5, 0.6) is 0 Å². The normalized spacial score (nSPS) is 14.8. The highest BCUT2D eigenvalue weighted by Crippen LogP contribution is 2.25. The van der Waals surface area contributed by atoms with Crippen molar-refractivity contribution in [2.45, 2.75) is 37.2 Å². The summed E-state index contributed by atoms with van der Waals surface area (Å²) < 4.78 is 28.3. The predicted octanol–water partition coefficient (Wildman–Crippen LogP) is 3.27. The molecule has 0 spiro atoms. The summed E-state index contributed by atoms with van der Waals surface area (Å²) in [4.78, 5) is 19.4. The Bertz CT molecular complexity index is 1190. The smallest absolute Gasteiger partial charge is 0.253 e. The zero-order chi connectivity index (χ0) is 23.3. The highest BCUT2D eigenvalue weighted by Gasteiger charge is 2.26. The molecule has 1 aliphatic rings. The van der Waals surface area contributed by atoms with Crippen LogP contribution in [0.1, 0.15) is 34.3 Å². The first kappa shape index (κ1) is 22.9. The second-order valence-corrected chi connectivity index (χ2v) is 9.97. The molecule has 0 saturated carbocycles. The summed E-state index contributed by atoms with van der Waals surface area (Å²) in [7, 11) is -3.55. The van der Waals surface area contributed by atoms with Crippen LogP contribution in [0.25, 0.3) is 0 Å². The number of hydrogen-bond acceptors (Lipinski definition) is 5. The molecular weight excluding hydrogens is 436 g/mol. The Balaban J connectivity index is 1.38. The molecule has 7 nitrogen and oxygen atoms in total. The van der Waals surface area contributed by atoms with E-state index in [-0.39, 0.29) is 16.8 Å². The average Bonchev–Trinajstić information content (AvgIpc) is 2.84. The maximum atomic E-state index is 12.9. The molecule has 0 bridgehead atoms. The Kier molecular flexibility index (Phi) is 7.05.